The summed E-state index contributed by atoms with van der Waals surface area (Å²) < 4.78 is 40.7. The zero-order valence-corrected chi connectivity index (χ0v) is 38.2. The molecule has 5 aliphatic heterocycles. The maximum Gasteiger partial charge on any atom is 0.338 e. The fourth-order valence-corrected chi connectivity index (χ4v) is 11.4. The van der Waals surface area contributed by atoms with E-state index in [1.165, 1.54) is 0 Å². The molecule has 0 aliphatic carbocycles. The van der Waals surface area contributed by atoms with Gasteiger partial charge in [-0.15, -0.1) is 0 Å². The van der Waals surface area contributed by atoms with Gasteiger partial charge < -0.3 is 43.7 Å². The summed E-state index contributed by atoms with van der Waals surface area (Å²) in [6, 6.07) is 8.81. The molecule has 4 fully saturated rings. The Balaban J connectivity index is 1.25. The number of hydrogen-bond donors (Lipinski definition) is 3. The van der Waals surface area contributed by atoms with Gasteiger partial charge in [0.05, 0.1) is 59.3 Å². The number of benzene rings is 1. The number of aliphatic hydroxyl groups is 2. The number of carbonyl (C=O) groups excluding carboxylic acids is 2. The van der Waals surface area contributed by atoms with E-state index in [0.717, 1.165) is 6.42 Å². The van der Waals surface area contributed by atoms with Gasteiger partial charge >= 0.3 is 11.9 Å². The van der Waals surface area contributed by atoms with Crippen LogP contribution in [0.25, 0.3) is 0 Å². The molecule has 5 aliphatic rings. The summed E-state index contributed by atoms with van der Waals surface area (Å²) >= 11 is 0. The molecule has 0 bridgehead atoms. The average molecular weight is 855 g/mol. The molecule has 12 heteroatoms. The Morgan fingerprint density at radius 1 is 0.869 bits per heavy atom. The van der Waals surface area contributed by atoms with Gasteiger partial charge in [-0.3, -0.25) is 9.59 Å². The predicted molar refractivity (Wildman–Crippen MR) is 228 cm³/mol. The van der Waals surface area contributed by atoms with Crippen LogP contribution in [-0.2, 0) is 38.0 Å². The lowest BCUT2D eigenvalue weighted by atomic mass is 9.72. The van der Waals surface area contributed by atoms with Crippen molar-refractivity contribution in [2.75, 3.05) is 0 Å². The largest absolute Gasteiger partial charge is 0.481 e. The highest BCUT2D eigenvalue weighted by atomic mass is 16.8. The van der Waals surface area contributed by atoms with Crippen LogP contribution in [0.15, 0.2) is 42.5 Å². The summed E-state index contributed by atoms with van der Waals surface area (Å²) in [5.41, 5.74) is -1.37. The molecular formula is C49H74O12. The number of ketones is 1. The smallest absolute Gasteiger partial charge is 0.338 e. The van der Waals surface area contributed by atoms with Crippen molar-refractivity contribution in [1.29, 1.82) is 0 Å². The first kappa shape index (κ1) is 47.8. The molecule has 3 N–H and O–H groups in total. The monoisotopic (exact) mass is 855 g/mol. The van der Waals surface area contributed by atoms with Gasteiger partial charge in [-0.2, -0.15) is 0 Å². The topological polar surface area (TPSA) is 167 Å². The molecule has 5 heterocycles. The minimum absolute atomic E-state index is 0.0356. The third kappa shape index (κ3) is 9.29. The van der Waals surface area contributed by atoms with Crippen molar-refractivity contribution in [3.05, 3.63) is 48.0 Å². The molecule has 12 nitrogen and oxygen atoms in total. The van der Waals surface area contributed by atoms with Crippen molar-refractivity contribution in [2.24, 2.45) is 41.4 Å². The van der Waals surface area contributed by atoms with E-state index < -0.39 is 95.0 Å². The van der Waals surface area contributed by atoms with E-state index in [1.807, 2.05) is 59.8 Å². The Morgan fingerprint density at radius 3 is 2.18 bits per heavy atom. The fourth-order valence-electron chi connectivity index (χ4n) is 11.4. The summed E-state index contributed by atoms with van der Waals surface area (Å²) in [6.45, 7) is 19.6. The van der Waals surface area contributed by atoms with Gasteiger partial charge in [-0.1, -0.05) is 73.6 Å². The number of esters is 1. The minimum Gasteiger partial charge on any atom is -0.481 e. The second-order valence-corrected chi connectivity index (χ2v) is 19.7. The van der Waals surface area contributed by atoms with Gasteiger partial charge in [0, 0.05) is 30.1 Å². The Hall–Kier alpha value is -2.71. The number of ether oxygens (including phenoxy) is 6. The number of carbonyl (C=O) groups is 3. The van der Waals surface area contributed by atoms with Crippen LogP contribution in [0.2, 0.25) is 0 Å². The molecule has 0 radical (unpaired) electrons. The van der Waals surface area contributed by atoms with Crippen LogP contribution in [0.4, 0.5) is 0 Å². The maximum absolute atomic E-state index is 14.7. The van der Waals surface area contributed by atoms with Crippen molar-refractivity contribution in [3.8, 4) is 0 Å². The highest BCUT2D eigenvalue weighted by molar-refractivity contribution is 5.89. The molecule has 0 aromatic heterocycles. The fraction of sp³-hybridized carbons (Fsp3) is 0.776. The highest BCUT2D eigenvalue weighted by Crippen LogP contribution is 2.55. The van der Waals surface area contributed by atoms with E-state index in [9.17, 15) is 29.7 Å². The molecule has 1 aromatic rings. The molecule has 4 saturated heterocycles. The van der Waals surface area contributed by atoms with E-state index in [1.54, 1.807) is 31.2 Å². The minimum atomic E-state index is -1.45. The Morgan fingerprint density at radius 2 is 1.56 bits per heavy atom. The molecule has 1 aromatic carbocycles. The van der Waals surface area contributed by atoms with Crippen LogP contribution in [-0.4, -0.2) is 98.5 Å². The van der Waals surface area contributed by atoms with Crippen LogP contribution in [0.5, 0.6) is 0 Å². The number of carboxylic acids is 1. The summed E-state index contributed by atoms with van der Waals surface area (Å²) in [6.07, 6.45) is 5.18. The molecule has 61 heavy (non-hydrogen) atoms. The molecule has 18 atom stereocenters. The maximum atomic E-state index is 14.7. The Kier molecular flexibility index (Phi) is 14.7. The van der Waals surface area contributed by atoms with Crippen molar-refractivity contribution in [3.63, 3.8) is 0 Å². The van der Waals surface area contributed by atoms with E-state index in [0.29, 0.717) is 63.4 Å². The normalized spacial score (nSPS) is 41.5. The first-order valence-electron chi connectivity index (χ1n) is 23.3. The average Bonchev–Trinajstić information content (AvgIpc) is 3.58. The van der Waals surface area contributed by atoms with E-state index >= 15 is 0 Å². The third-order valence-electron chi connectivity index (χ3n) is 15.7. The van der Waals surface area contributed by atoms with Crippen molar-refractivity contribution >= 4 is 17.7 Å². The molecule has 2 spiro atoms. The number of aliphatic carboxylic acids is 1. The molecule has 342 valence electrons. The highest BCUT2D eigenvalue weighted by Gasteiger charge is 2.64. The molecular weight excluding hydrogens is 781 g/mol. The van der Waals surface area contributed by atoms with E-state index in [4.69, 9.17) is 28.4 Å². The van der Waals surface area contributed by atoms with Crippen molar-refractivity contribution in [2.45, 2.75) is 199 Å². The first-order valence-corrected chi connectivity index (χ1v) is 23.3. The third-order valence-corrected chi connectivity index (χ3v) is 15.7. The van der Waals surface area contributed by atoms with Gasteiger partial charge in [-0.05, 0) is 108 Å². The first-order chi connectivity index (χ1) is 28.8. The second-order valence-electron chi connectivity index (χ2n) is 19.7. The van der Waals surface area contributed by atoms with Crippen LogP contribution < -0.4 is 0 Å². The number of rotatable bonds is 14. The zero-order chi connectivity index (χ0) is 44.7. The summed E-state index contributed by atoms with van der Waals surface area (Å²) in [4.78, 5) is 40.3. The summed E-state index contributed by atoms with van der Waals surface area (Å²) in [5.74, 6) is -6.77. The SMILES string of the molecule is CC[C@@H](C(=O)[C@@H](C)[C@@H](O)[C@H](C)[C@@H]1O[C@@H]([C@@H](CC)C(=O)O)CC[C@@H]1C)[C@H]1O[C@]2(C=C[C@@H](OC(=O)c3ccccc3)[C@]3(CC[C@@](C)([C@H]4CC[C@](O)(CC)[C@H](C)O4)O3)O2)[C@H](C)C[C@@H]1C. The number of carboxylic acid groups (broad SMARTS) is 1. The zero-order valence-electron chi connectivity index (χ0n) is 38.2. The Bertz CT molecular complexity index is 1720. The van der Waals surface area contributed by atoms with Crippen molar-refractivity contribution in [1.82, 2.24) is 0 Å². The van der Waals surface area contributed by atoms with Crippen LogP contribution in [0.1, 0.15) is 144 Å². The quantitative estimate of drug-likeness (QED) is 0.122. The number of hydrogen-bond acceptors (Lipinski definition) is 11. The second kappa shape index (κ2) is 18.8. The molecule has 6 rings (SSSR count). The van der Waals surface area contributed by atoms with Gasteiger partial charge in [0.15, 0.2) is 11.9 Å². The van der Waals surface area contributed by atoms with Crippen molar-refractivity contribution < 1.29 is 58.1 Å². The van der Waals surface area contributed by atoms with E-state index in [2.05, 4.69) is 20.8 Å². The number of aliphatic hydroxyl groups excluding tert-OH is 1. The lowest BCUT2D eigenvalue weighted by molar-refractivity contribution is -0.408. The Labute approximate surface area is 363 Å². The standard InChI is InChI=1S/C49H74O12/c1-11-35(44(52)53)37-20-19-28(4)42(57-37)32(8)40(50)31(7)41(51)36(12-2)43-29(5)27-30(6)48(59-43)24-22-39(58-45(54)34-17-15-14-16-18-34)49(61-48)26-25-46(10,60-49)38-21-23-47(55,13-3)33(9)56-38/h14-18,22,24,28-33,35-40,42-43,50,55H,11-13,19-21,23,25-27H2,1-10H3,(H,52,53)/t28-,29-,30+,31-,32-,33-,35+,36-,37+,38+,39+,40+,42+,43-,46-,47+,48-,49-/m0/s1. The molecule has 0 saturated carbocycles. The van der Waals surface area contributed by atoms with E-state index in [-0.39, 0.29) is 29.6 Å². The van der Waals surface area contributed by atoms with Gasteiger partial charge in [-0.25, -0.2) is 4.79 Å². The molecule has 0 unspecified atom stereocenters. The predicted octanol–water partition coefficient (Wildman–Crippen LogP) is 8.05. The summed E-state index contributed by atoms with van der Waals surface area (Å²) in [7, 11) is 0. The van der Waals surface area contributed by atoms with Crippen LogP contribution in [0, 0.1) is 41.4 Å². The number of Topliss-reactive ketones (excluding diaryl/α,β-unsaturated/α-hetero) is 1. The van der Waals surface area contributed by atoms with Crippen LogP contribution >= 0.6 is 0 Å². The lowest BCUT2D eigenvalue weighted by Crippen LogP contribution is -2.63. The molecule has 0 amide bonds. The van der Waals surface area contributed by atoms with Gasteiger partial charge in [0.2, 0.25) is 5.79 Å². The summed E-state index contributed by atoms with van der Waals surface area (Å²) in [5, 5.41) is 32.9. The van der Waals surface area contributed by atoms with Gasteiger partial charge in [0.25, 0.3) is 0 Å². The van der Waals surface area contributed by atoms with Gasteiger partial charge in [0.1, 0.15) is 5.78 Å². The lowest BCUT2D eigenvalue weighted by Gasteiger charge is -2.54. The van der Waals surface area contributed by atoms with Crippen LogP contribution in [0.3, 0.4) is 0 Å².